The lowest BCUT2D eigenvalue weighted by Crippen LogP contribution is -2.33. The van der Waals surface area contributed by atoms with Gasteiger partial charge >= 0.3 is 0 Å². The number of likely N-dealkylation sites (N-methyl/N-ethyl adjacent to an activating group) is 1. The maximum atomic E-state index is 12.2. The summed E-state index contributed by atoms with van der Waals surface area (Å²) in [4.78, 5) is 18.0. The minimum absolute atomic E-state index is 0.154. The smallest absolute Gasteiger partial charge is 0.258 e. The average Bonchev–Trinajstić information content (AvgIpc) is 3.21. The van der Waals surface area contributed by atoms with Crippen LogP contribution in [0.4, 0.5) is 5.69 Å². The molecule has 5 heteroatoms. The van der Waals surface area contributed by atoms with E-state index >= 15 is 0 Å². The lowest BCUT2D eigenvalue weighted by molar-refractivity contribution is 0.102. The number of nitrogens with one attached hydrogen (secondary N) is 2. The molecule has 0 bridgehead atoms. The van der Waals surface area contributed by atoms with E-state index < -0.39 is 0 Å². The van der Waals surface area contributed by atoms with Crippen molar-refractivity contribution < 1.29 is 9.21 Å². The number of anilines is 1. The molecule has 2 N–H and O–H groups in total. The van der Waals surface area contributed by atoms with Crippen LogP contribution in [0.15, 0.2) is 41.2 Å². The van der Waals surface area contributed by atoms with E-state index in [9.17, 15) is 4.79 Å². The number of rotatable bonds is 3. The standard InChI is InChI=1S/C19H21N3O2/c1-22(2)14-4-6-18-16(10-14)15-9-13(3-5-17(15)21-18)20-19(23)12-7-8-24-11-12/h3,5,7-9,11,14,21H,4,6,10H2,1-2H3,(H,20,23). The molecule has 2 aromatic heterocycles. The van der Waals surface area contributed by atoms with Crippen molar-refractivity contribution in [3.05, 3.63) is 53.6 Å². The number of benzene rings is 1. The van der Waals surface area contributed by atoms with E-state index in [-0.39, 0.29) is 5.91 Å². The van der Waals surface area contributed by atoms with Crippen molar-refractivity contribution in [3.63, 3.8) is 0 Å². The predicted molar refractivity (Wildman–Crippen MR) is 94.5 cm³/mol. The molecule has 0 fully saturated rings. The Morgan fingerprint density at radius 1 is 1.33 bits per heavy atom. The van der Waals surface area contributed by atoms with Crippen molar-refractivity contribution in [1.29, 1.82) is 0 Å². The van der Waals surface area contributed by atoms with Gasteiger partial charge in [-0.15, -0.1) is 0 Å². The molecule has 4 rings (SSSR count). The van der Waals surface area contributed by atoms with Crippen LogP contribution in [0.5, 0.6) is 0 Å². The van der Waals surface area contributed by atoms with Crippen molar-refractivity contribution >= 4 is 22.5 Å². The highest BCUT2D eigenvalue weighted by Gasteiger charge is 2.23. The molecule has 3 aromatic rings. The Kier molecular flexibility index (Phi) is 3.65. The summed E-state index contributed by atoms with van der Waals surface area (Å²) in [6.07, 6.45) is 6.25. The molecule has 5 nitrogen and oxygen atoms in total. The Morgan fingerprint density at radius 3 is 2.96 bits per heavy atom. The first-order chi connectivity index (χ1) is 11.6. The van der Waals surface area contributed by atoms with Crippen molar-refractivity contribution in [3.8, 4) is 0 Å². The highest BCUT2D eigenvalue weighted by molar-refractivity contribution is 6.05. The molecule has 0 radical (unpaired) electrons. The number of aromatic amines is 1. The lowest BCUT2D eigenvalue weighted by Gasteiger charge is -2.28. The maximum Gasteiger partial charge on any atom is 0.258 e. The lowest BCUT2D eigenvalue weighted by atomic mass is 9.91. The molecule has 1 aliphatic rings. The molecule has 1 unspecified atom stereocenters. The highest BCUT2D eigenvalue weighted by atomic mass is 16.3. The highest BCUT2D eigenvalue weighted by Crippen LogP contribution is 2.32. The number of hydrogen-bond donors (Lipinski definition) is 2. The van der Waals surface area contributed by atoms with Gasteiger partial charge in [0.2, 0.25) is 0 Å². The summed E-state index contributed by atoms with van der Waals surface area (Å²) >= 11 is 0. The summed E-state index contributed by atoms with van der Waals surface area (Å²) in [5, 5.41) is 4.15. The van der Waals surface area contributed by atoms with Crippen LogP contribution in [0.3, 0.4) is 0 Å². The molecule has 1 atom stereocenters. The van der Waals surface area contributed by atoms with E-state index in [2.05, 4.69) is 35.4 Å². The Hall–Kier alpha value is -2.53. The van der Waals surface area contributed by atoms with E-state index in [1.54, 1.807) is 6.07 Å². The summed E-state index contributed by atoms with van der Waals surface area (Å²) in [5.41, 5.74) is 5.19. The fourth-order valence-corrected chi connectivity index (χ4v) is 3.51. The first kappa shape index (κ1) is 15.0. The van der Waals surface area contributed by atoms with Crippen molar-refractivity contribution in [1.82, 2.24) is 9.88 Å². The second-order valence-electron chi connectivity index (χ2n) is 6.67. The van der Waals surface area contributed by atoms with Gasteiger partial charge < -0.3 is 19.6 Å². The molecule has 2 heterocycles. The van der Waals surface area contributed by atoms with Crippen molar-refractivity contribution in [2.24, 2.45) is 0 Å². The molecular formula is C19H21N3O2. The number of nitrogens with zero attached hydrogens (tertiary/aromatic N) is 1. The van der Waals surface area contributed by atoms with Crippen LogP contribution < -0.4 is 5.32 Å². The summed E-state index contributed by atoms with van der Waals surface area (Å²) in [7, 11) is 4.28. The van der Waals surface area contributed by atoms with Crippen LogP contribution in [-0.4, -0.2) is 35.9 Å². The van der Waals surface area contributed by atoms with Gasteiger partial charge in [0.1, 0.15) is 6.26 Å². The molecule has 1 aromatic carbocycles. The third kappa shape index (κ3) is 2.61. The van der Waals surface area contributed by atoms with Gasteiger partial charge in [-0.1, -0.05) is 0 Å². The molecule has 124 valence electrons. The average molecular weight is 323 g/mol. The van der Waals surface area contributed by atoms with E-state index in [1.165, 1.54) is 35.6 Å². The van der Waals surface area contributed by atoms with Crippen LogP contribution >= 0.6 is 0 Å². The van der Waals surface area contributed by atoms with Gasteiger partial charge in [0, 0.05) is 28.3 Å². The number of amides is 1. The SMILES string of the molecule is CN(C)C1CCc2[nH]c3ccc(NC(=O)c4ccoc4)cc3c2C1. The van der Waals surface area contributed by atoms with Crippen LogP contribution in [0.1, 0.15) is 28.0 Å². The minimum atomic E-state index is -0.154. The van der Waals surface area contributed by atoms with Gasteiger partial charge in [-0.2, -0.15) is 0 Å². The van der Waals surface area contributed by atoms with Crippen LogP contribution in [0, 0.1) is 0 Å². The third-order valence-corrected chi connectivity index (χ3v) is 4.93. The Morgan fingerprint density at radius 2 is 2.21 bits per heavy atom. The largest absolute Gasteiger partial charge is 0.472 e. The number of carbonyl (C=O) groups excluding carboxylic acids is 1. The van der Waals surface area contributed by atoms with Gasteiger partial charge in [-0.25, -0.2) is 0 Å². The van der Waals surface area contributed by atoms with Crippen LogP contribution in [0.2, 0.25) is 0 Å². The zero-order chi connectivity index (χ0) is 16.7. The molecule has 0 aliphatic heterocycles. The fourth-order valence-electron chi connectivity index (χ4n) is 3.51. The van der Waals surface area contributed by atoms with E-state index in [0.717, 1.165) is 24.0 Å². The Bertz CT molecular complexity index is 878. The summed E-state index contributed by atoms with van der Waals surface area (Å²) < 4.78 is 4.97. The van der Waals surface area contributed by atoms with Crippen LogP contribution in [0.25, 0.3) is 10.9 Å². The molecular weight excluding hydrogens is 302 g/mol. The predicted octanol–water partition coefficient (Wildman–Crippen LogP) is 3.43. The van der Waals surface area contributed by atoms with Crippen molar-refractivity contribution in [2.45, 2.75) is 25.3 Å². The molecule has 1 amide bonds. The van der Waals surface area contributed by atoms with Gasteiger partial charge in [-0.3, -0.25) is 4.79 Å². The molecule has 24 heavy (non-hydrogen) atoms. The van der Waals surface area contributed by atoms with E-state index in [1.807, 2.05) is 12.1 Å². The summed E-state index contributed by atoms with van der Waals surface area (Å²) in [5.74, 6) is -0.154. The number of carbonyl (C=O) groups is 1. The number of hydrogen-bond acceptors (Lipinski definition) is 3. The number of aromatic nitrogens is 1. The zero-order valence-corrected chi connectivity index (χ0v) is 13.9. The summed E-state index contributed by atoms with van der Waals surface area (Å²) in [6, 6.07) is 8.28. The Balaban J connectivity index is 1.65. The second-order valence-corrected chi connectivity index (χ2v) is 6.67. The van der Waals surface area contributed by atoms with E-state index in [0.29, 0.717) is 11.6 Å². The van der Waals surface area contributed by atoms with Gasteiger partial charge in [0.05, 0.1) is 11.8 Å². The van der Waals surface area contributed by atoms with Gasteiger partial charge in [0.25, 0.3) is 5.91 Å². The number of aryl methyl sites for hydroxylation is 1. The summed E-state index contributed by atoms with van der Waals surface area (Å²) in [6.45, 7) is 0. The number of H-pyrrole nitrogens is 1. The van der Waals surface area contributed by atoms with Crippen molar-refractivity contribution in [2.75, 3.05) is 19.4 Å². The normalized spacial score (nSPS) is 17.2. The second kappa shape index (κ2) is 5.83. The zero-order valence-electron chi connectivity index (χ0n) is 13.9. The van der Waals surface area contributed by atoms with Gasteiger partial charge in [0.15, 0.2) is 0 Å². The van der Waals surface area contributed by atoms with Crippen LogP contribution in [-0.2, 0) is 12.8 Å². The quantitative estimate of drug-likeness (QED) is 0.776. The fraction of sp³-hybridized carbons (Fsp3) is 0.316. The molecule has 1 aliphatic carbocycles. The van der Waals surface area contributed by atoms with Gasteiger partial charge in [-0.05, 0) is 63.2 Å². The Labute approximate surface area is 140 Å². The molecule has 0 saturated heterocycles. The molecule has 0 spiro atoms. The first-order valence-corrected chi connectivity index (χ1v) is 8.25. The molecule has 0 saturated carbocycles. The maximum absolute atomic E-state index is 12.2. The van der Waals surface area contributed by atoms with E-state index in [4.69, 9.17) is 4.42 Å². The minimum Gasteiger partial charge on any atom is -0.472 e. The monoisotopic (exact) mass is 323 g/mol. The number of fused-ring (bicyclic) bond motifs is 3. The number of furan rings is 1. The first-order valence-electron chi connectivity index (χ1n) is 8.25. The third-order valence-electron chi connectivity index (χ3n) is 4.93. The topological polar surface area (TPSA) is 61.3 Å².